The molecule has 0 spiro atoms. The minimum Gasteiger partial charge on any atom is -0.480 e. The molecule has 0 bridgehead atoms. The van der Waals surface area contributed by atoms with Gasteiger partial charge in [-0.15, -0.1) is 0 Å². The average Bonchev–Trinajstić information content (AvgIpc) is 3.55. The van der Waals surface area contributed by atoms with Crippen molar-refractivity contribution in [2.24, 2.45) is 17.4 Å². The molecule has 5 atom stereocenters. The lowest BCUT2D eigenvalue weighted by atomic mass is 9.99. The highest BCUT2D eigenvalue weighted by atomic mass is 16.4. The van der Waals surface area contributed by atoms with Crippen LogP contribution in [0.2, 0.25) is 0 Å². The molecule has 0 saturated carbocycles. The van der Waals surface area contributed by atoms with E-state index in [1.165, 1.54) is 4.90 Å². The predicted molar refractivity (Wildman–Crippen MR) is 179 cm³/mol. The lowest BCUT2D eigenvalue weighted by molar-refractivity contribution is -0.149. The van der Waals surface area contributed by atoms with E-state index in [-0.39, 0.29) is 31.6 Å². The van der Waals surface area contributed by atoms with Crippen LogP contribution in [0.1, 0.15) is 63.5 Å². The Kier molecular flexibility index (Phi) is 14.8. The lowest BCUT2D eigenvalue weighted by Gasteiger charge is -2.30. The Hall–Kier alpha value is -4.29. The highest BCUT2D eigenvalue weighted by Gasteiger charge is 2.38. The van der Waals surface area contributed by atoms with Gasteiger partial charge in [0, 0.05) is 13.0 Å². The van der Waals surface area contributed by atoms with Crippen molar-refractivity contribution in [3.05, 3.63) is 71.8 Å². The topological polar surface area (TPSA) is 197 Å². The summed E-state index contributed by atoms with van der Waals surface area (Å²) >= 11 is 0. The van der Waals surface area contributed by atoms with Gasteiger partial charge in [0.25, 0.3) is 0 Å². The van der Waals surface area contributed by atoms with Crippen molar-refractivity contribution in [2.45, 2.75) is 95.4 Å². The molecule has 1 saturated heterocycles. The number of nitrogens with one attached hydrogen (secondary N) is 3. The molecule has 12 nitrogen and oxygen atoms in total. The predicted octanol–water partition coefficient (Wildman–Crippen LogP) is 1.50. The molecule has 1 heterocycles. The number of nitrogens with two attached hydrogens (primary N) is 2. The Morgan fingerprint density at radius 2 is 1.36 bits per heavy atom. The summed E-state index contributed by atoms with van der Waals surface area (Å²) in [4.78, 5) is 67.5. The van der Waals surface area contributed by atoms with Crippen LogP contribution in [0, 0.1) is 5.92 Å². The largest absolute Gasteiger partial charge is 0.480 e. The van der Waals surface area contributed by atoms with Crippen LogP contribution in [-0.2, 0) is 36.8 Å². The van der Waals surface area contributed by atoms with Crippen molar-refractivity contribution in [1.82, 2.24) is 20.9 Å². The first-order chi connectivity index (χ1) is 22.5. The first kappa shape index (κ1) is 37.2. The Balaban J connectivity index is 1.79. The second kappa shape index (κ2) is 18.8. The van der Waals surface area contributed by atoms with Gasteiger partial charge in [0.15, 0.2) is 0 Å². The maximum absolute atomic E-state index is 13.8. The van der Waals surface area contributed by atoms with Gasteiger partial charge in [-0.3, -0.25) is 19.2 Å². The standard InChI is InChI=1S/C35H50N6O6/c1-23(2)20-28(32(43)38-27(16-9-10-18-36)34(45)41-19-11-17-30(41)35(46)47)40-33(44)29(22-25-14-7-4-8-15-25)39-31(42)26(37)21-24-12-5-3-6-13-24/h3-8,12-15,23,26-30H,9-11,16-22,36-37H2,1-2H3,(H,38,43)(H,39,42)(H,40,44)(H,46,47)/t26-,27-,28-,29-,30-/m1/s1. The first-order valence-corrected chi connectivity index (χ1v) is 16.5. The highest BCUT2D eigenvalue weighted by Crippen LogP contribution is 2.20. The number of rotatable bonds is 18. The summed E-state index contributed by atoms with van der Waals surface area (Å²) in [5.41, 5.74) is 13.6. The Labute approximate surface area is 277 Å². The fourth-order valence-electron chi connectivity index (χ4n) is 5.78. The fraction of sp³-hybridized carbons (Fsp3) is 0.514. The molecular formula is C35H50N6O6. The number of benzene rings is 2. The zero-order valence-corrected chi connectivity index (χ0v) is 27.4. The van der Waals surface area contributed by atoms with Crippen LogP contribution < -0.4 is 27.4 Å². The van der Waals surface area contributed by atoms with Crippen LogP contribution in [0.3, 0.4) is 0 Å². The zero-order valence-electron chi connectivity index (χ0n) is 27.4. The normalized spacial score (nSPS) is 17.0. The third-order valence-electron chi connectivity index (χ3n) is 8.27. The Bertz CT molecular complexity index is 1320. The number of carboxylic acid groups (broad SMARTS) is 1. The minimum absolute atomic E-state index is 0.00567. The summed E-state index contributed by atoms with van der Waals surface area (Å²) in [6.07, 6.45) is 3.07. The van der Waals surface area contributed by atoms with Crippen LogP contribution in [0.25, 0.3) is 0 Å². The first-order valence-electron chi connectivity index (χ1n) is 16.5. The molecule has 0 radical (unpaired) electrons. The van der Waals surface area contributed by atoms with Crippen molar-refractivity contribution < 1.29 is 29.1 Å². The van der Waals surface area contributed by atoms with Crippen molar-refractivity contribution >= 4 is 29.6 Å². The second-order valence-electron chi connectivity index (χ2n) is 12.6. The van der Waals surface area contributed by atoms with Crippen molar-refractivity contribution in [3.63, 3.8) is 0 Å². The molecule has 47 heavy (non-hydrogen) atoms. The molecule has 1 aliphatic rings. The number of aliphatic carboxylic acids is 1. The van der Waals surface area contributed by atoms with Gasteiger partial charge in [0.2, 0.25) is 23.6 Å². The quantitative estimate of drug-likeness (QED) is 0.131. The SMILES string of the molecule is CC(C)C[C@@H](NC(=O)[C@@H](Cc1ccccc1)NC(=O)[C@H](N)Cc1ccccc1)C(=O)N[C@H](CCCCN)C(=O)N1CCC[C@@H]1C(=O)O. The van der Waals surface area contributed by atoms with Gasteiger partial charge in [-0.25, -0.2) is 4.79 Å². The number of carbonyl (C=O) groups is 5. The summed E-state index contributed by atoms with van der Waals surface area (Å²) in [7, 11) is 0. The molecule has 3 rings (SSSR count). The van der Waals surface area contributed by atoms with E-state index < -0.39 is 59.8 Å². The van der Waals surface area contributed by atoms with Crippen molar-refractivity contribution in [3.8, 4) is 0 Å². The fourth-order valence-corrected chi connectivity index (χ4v) is 5.78. The van der Waals surface area contributed by atoms with Gasteiger partial charge in [-0.2, -0.15) is 0 Å². The summed E-state index contributed by atoms with van der Waals surface area (Å²) in [5, 5.41) is 18.1. The number of carbonyl (C=O) groups excluding carboxylic acids is 4. The summed E-state index contributed by atoms with van der Waals surface area (Å²) in [6.45, 7) is 4.51. The molecule has 12 heteroatoms. The number of hydrogen-bond acceptors (Lipinski definition) is 7. The van der Waals surface area contributed by atoms with Gasteiger partial charge >= 0.3 is 5.97 Å². The summed E-state index contributed by atoms with van der Waals surface area (Å²) < 4.78 is 0. The van der Waals surface area contributed by atoms with Crippen LogP contribution in [-0.4, -0.2) is 82.9 Å². The molecular weight excluding hydrogens is 600 g/mol. The number of amides is 4. The van der Waals surface area contributed by atoms with Crippen molar-refractivity contribution in [2.75, 3.05) is 13.1 Å². The third-order valence-corrected chi connectivity index (χ3v) is 8.27. The van der Waals surface area contributed by atoms with Gasteiger partial charge < -0.3 is 37.4 Å². The molecule has 256 valence electrons. The van der Waals surface area contributed by atoms with Crippen LogP contribution in [0.15, 0.2) is 60.7 Å². The molecule has 2 aromatic carbocycles. The van der Waals surface area contributed by atoms with Crippen LogP contribution in [0.5, 0.6) is 0 Å². The van der Waals surface area contributed by atoms with Gasteiger partial charge in [0.1, 0.15) is 24.2 Å². The van der Waals surface area contributed by atoms with E-state index in [9.17, 15) is 29.1 Å². The molecule has 0 aliphatic carbocycles. The molecule has 8 N–H and O–H groups in total. The molecule has 2 aromatic rings. The van der Waals surface area contributed by atoms with Gasteiger partial charge in [-0.05, 0) is 68.5 Å². The highest BCUT2D eigenvalue weighted by molar-refractivity contribution is 5.95. The number of nitrogens with zero attached hydrogens (tertiary/aromatic N) is 1. The van der Waals surface area contributed by atoms with E-state index >= 15 is 0 Å². The van der Waals surface area contributed by atoms with Crippen molar-refractivity contribution in [1.29, 1.82) is 0 Å². The molecule has 4 amide bonds. The number of likely N-dealkylation sites (tertiary alicyclic amines) is 1. The van der Waals surface area contributed by atoms with Crippen LogP contribution >= 0.6 is 0 Å². The molecule has 1 aliphatic heterocycles. The maximum Gasteiger partial charge on any atom is 0.326 e. The van der Waals surface area contributed by atoms with E-state index in [0.29, 0.717) is 38.8 Å². The Morgan fingerprint density at radius 1 is 0.809 bits per heavy atom. The number of carboxylic acids is 1. The zero-order chi connectivity index (χ0) is 34.3. The van der Waals surface area contributed by atoms with Gasteiger partial charge in [-0.1, -0.05) is 74.5 Å². The lowest BCUT2D eigenvalue weighted by Crippen LogP contribution is -2.59. The second-order valence-corrected chi connectivity index (χ2v) is 12.6. The smallest absolute Gasteiger partial charge is 0.326 e. The molecule has 0 aromatic heterocycles. The minimum atomic E-state index is -1.08. The van der Waals surface area contributed by atoms with E-state index in [0.717, 1.165) is 11.1 Å². The number of unbranched alkanes of at least 4 members (excludes halogenated alkanes) is 1. The van der Waals surface area contributed by atoms with Crippen LogP contribution in [0.4, 0.5) is 0 Å². The summed E-state index contributed by atoms with van der Waals surface area (Å²) in [6, 6.07) is 13.7. The van der Waals surface area contributed by atoms with E-state index in [2.05, 4.69) is 16.0 Å². The average molecular weight is 651 g/mol. The summed E-state index contributed by atoms with van der Waals surface area (Å²) in [5.74, 6) is -3.17. The maximum atomic E-state index is 13.8. The van der Waals surface area contributed by atoms with E-state index in [4.69, 9.17) is 11.5 Å². The van der Waals surface area contributed by atoms with E-state index in [1.54, 1.807) is 0 Å². The Morgan fingerprint density at radius 3 is 1.94 bits per heavy atom. The number of hydrogen-bond donors (Lipinski definition) is 6. The molecule has 0 unspecified atom stereocenters. The third kappa shape index (κ3) is 11.8. The van der Waals surface area contributed by atoms with E-state index in [1.807, 2.05) is 74.5 Å². The monoisotopic (exact) mass is 650 g/mol. The molecule has 1 fully saturated rings. The van der Waals surface area contributed by atoms with Gasteiger partial charge in [0.05, 0.1) is 6.04 Å².